The molecule has 2 aromatic heterocycles. The lowest BCUT2D eigenvalue weighted by atomic mass is 9.97. The second-order valence-corrected chi connectivity index (χ2v) is 7.60. The van der Waals surface area contributed by atoms with E-state index in [9.17, 15) is 0 Å². The van der Waals surface area contributed by atoms with Crippen LogP contribution in [0.5, 0.6) is 0 Å². The van der Waals surface area contributed by atoms with Gasteiger partial charge in [-0.1, -0.05) is 22.8 Å². The summed E-state index contributed by atoms with van der Waals surface area (Å²) < 4.78 is 7.46. The highest BCUT2D eigenvalue weighted by atomic mass is 16.4. The van der Waals surface area contributed by atoms with Gasteiger partial charge in [0.25, 0.3) is 0 Å². The Morgan fingerprint density at radius 3 is 2.54 bits per heavy atom. The van der Waals surface area contributed by atoms with Crippen LogP contribution in [0.4, 0.5) is 5.95 Å². The molecule has 8 heteroatoms. The van der Waals surface area contributed by atoms with Gasteiger partial charge in [-0.3, -0.25) is 4.90 Å². The topological polar surface area (TPSA) is 84.9 Å². The van der Waals surface area contributed by atoms with Crippen molar-refractivity contribution in [3.63, 3.8) is 0 Å². The summed E-state index contributed by atoms with van der Waals surface area (Å²) >= 11 is 0. The van der Waals surface area contributed by atoms with E-state index < -0.39 is 0 Å². The van der Waals surface area contributed by atoms with Crippen molar-refractivity contribution in [3.8, 4) is 5.69 Å². The lowest BCUT2D eigenvalue weighted by Crippen LogP contribution is -2.35. The molecule has 1 aliphatic rings. The van der Waals surface area contributed by atoms with Crippen molar-refractivity contribution >= 4 is 5.95 Å². The van der Waals surface area contributed by atoms with Crippen LogP contribution in [0, 0.1) is 26.7 Å². The first-order valence-corrected chi connectivity index (χ1v) is 9.83. The first-order valence-electron chi connectivity index (χ1n) is 9.83. The van der Waals surface area contributed by atoms with Crippen LogP contribution in [0.2, 0.25) is 0 Å². The maximum Gasteiger partial charge on any atom is 0.247 e. The number of rotatable bonds is 6. The summed E-state index contributed by atoms with van der Waals surface area (Å²) in [7, 11) is 0. The number of nitrogens with one attached hydrogen (secondary N) is 1. The van der Waals surface area contributed by atoms with E-state index in [1.807, 2.05) is 26.0 Å². The van der Waals surface area contributed by atoms with Crippen LogP contribution in [-0.4, -0.2) is 49.7 Å². The second-order valence-electron chi connectivity index (χ2n) is 7.60. The summed E-state index contributed by atoms with van der Waals surface area (Å²) in [4.78, 5) is 6.91. The molecule has 1 fully saturated rings. The van der Waals surface area contributed by atoms with Gasteiger partial charge >= 0.3 is 0 Å². The summed E-state index contributed by atoms with van der Waals surface area (Å²) in [6.07, 6.45) is 2.27. The summed E-state index contributed by atoms with van der Waals surface area (Å²) in [6, 6.07) is 8.18. The standard InChI is InChI=1S/C20H27N7O/c1-14-4-6-18(7-5-14)27-20(23-24-25-27)21-12-17-8-10-26(11-9-17)13-19-22-15(2)16(3)28-19/h4-7,17H,8-13H2,1-3H3,(H,21,23,25). The zero-order valence-corrected chi connectivity index (χ0v) is 16.7. The predicted octanol–water partition coefficient (Wildman–Crippen LogP) is 2.90. The van der Waals surface area contributed by atoms with Crippen LogP contribution >= 0.6 is 0 Å². The number of anilines is 1. The number of nitrogens with zero attached hydrogens (tertiary/aromatic N) is 6. The van der Waals surface area contributed by atoms with Crippen molar-refractivity contribution in [2.45, 2.75) is 40.2 Å². The fourth-order valence-corrected chi connectivity index (χ4v) is 3.54. The zero-order chi connectivity index (χ0) is 19.5. The molecule has 0 amide bonds. The molecule has 28 heavy (non-hydrogen) atoms. The fraction of sp³-hybridized carbons (Fsp3) is 0.500. The Morgan fingerprint density at radius 2 is 1.86 bits per heavy atom. The number of hydrogen-bond donors (Lipinski definition) is 1. The zero-order valence-electron chi connectivity index (χ0n) is 16.7. The Hall–Kier alpha value is -2.74. The average Bonchev–Trinajstić information content (AvgIpc) is 3.28. The summed E-state index contributed by atoms with van der Waals surface area (Å²) in [5.41, 5.74) is 3.16. The lowest BCUT2D eigenvalue weighted by Gasteiger charge is -2.31. The Bertz CT molecular complexity index is 888. The highest BCUT2D eigenvalue weighted by Crippen LogP contribution is 2.21. The van der Waals surface area contributed by atoms with Crippen molar-refractivity contribution in [2.24, 2.45) is 5.92 Å². The third-order valence-electron chi connectivity index (χ3n) is 5.44. The molecule has 0 saturated carbocycles. The molecule has 1 aromatic carbocycles. The van der Waals surface area contributed by atoms with Crippen molar-refractivity contribution in [1.82, 2.24) is 30.1 Å². The third kappa shape index (κ3) is 4.22. The average molecular weight is 381 g/mol. The van der Waals surface area contributed by atoms with Gasteiger partial charge in [-0.15, -0.1) is 0 Å². The molecule has 0 atom stereocenters. The molecule has 8 nitrogen and oxygen atoms in total. The Morgan fingerprint density at radius 1 is 1.11 bits per heavy atom. The number of aromatic nitrogens is 5. The number of piperidine rings is 1. The van der Waals surface area contributed by atoms with Gasteiger partial charge in [-0.05, 0) is 75.2 Å². The molecule has 3 heterocycles. The van der Waals surface area contributed by atoms with E-state index in [1.54, 1.807) is 4.68 Å². The van der Waals surface area contributed by atoms with Crippen LogP contribution in [0.15, 0.2) is 28.7 Å². The monoisotopic (exact) mass is 381 g/mol. The summed E-state index contributed by atoms with van der Waals surface area (Å²) in [6.45, 7) is 9.79. The Labute approximate surface area is 164 Å². The number of benzene rings is 1. The molecule has 0 spiro atoms. The number of oxazole rings is 1. The van der Waals surface area contributed by atoms with Gasteiger partial charge < -0.3 is 9.73 Å². The second kappa shape index (κ2) is 8.10. The molecule has 4 rings (SSSR count). The molecule has 0 bridgehead atoms. The molecule has 0 radical (unpaired) electrons. The van der Waals surface area contributed by atoms with Crippen LogP contribution in [0.3, 0.4) is 0 Å². The van der Waals surface area contributed by atoms with Gasteiger partial charge in [0.15, 0.2) is 0 Å². The van der Waals surface area contributed by atoms with Crippen molar-refractivity contribution < 1.29 is 4.42 Å². The molecule has 1 aliphatic heterocycles. The largest absolute Gasteiger partial charge is 0.444 e. The SMILES string of the molecule is Cc1ccc(-n2nnnc2NCC2CCN(Cc3nc(C)c(C)o3)CC2)cc1. The summed E-state index contributed by atoms with van der Waals surface area (Å²) in [5.74, 6) is 3.04. The maximum absolute atomic E-state index is 5.71. The van der Waals surface area contributed by atoms with Gasteiger partial charge in [0.2, 0.25) is 11.8 Å². The molecule has 0 unspecified atom stereocenters. The van der Waals surface area contributed by atoms with Crippen LogP contribution in [0.25, 0.3) is 5.69 Å². The van der Waals surface area contributed by atoms with E-state index in [0.29, 0.717) is 11.9 Å². The fourth-order valence-electron chi connectivity index (χ4n) is 3.54. The Balaban J connectivity index is 1.28. The molecule has 1 N–H and O–H groups in total. The highest BCUT2D eigenvalue weighted by molar-refractivity contribution is 5.39. The highest BCUT2D eigenvalue weighted by Gasteiger charge is 2.21. The van der Waals surface area contributed by atoms with E-state index in [4.69, 9.17) is 4.42 Å². The molecular formula is C20H27N7O. The van der Waals surface area contributed by atoms with Crippen LogP contribution < -0.4 is 5.32 Å². The molecular weight excluding hydrogens is 354 g/mol. The van der Waals surface area contributed by atoms with Gasteiger partial charge in [-0.25, -0.2) is 4.98 Å². The molecule has 1 saturated heterocycles. The third-order valence-corrected chi connectivity index (χ3v) is 5.44. The van der Waals surface area contributed by atoms with Crippen molar-refractivity contribution in [2.75, 3.05) is 25.0 Å². The van der Waals surface area contributed by atoms with Crippen LogP contribution in [0.1, 0.15) is 35.7 Å². The van der Waals surface area contributed by atoms with Crippen LogP contribution in [-0.2, 0) is 6.54 Å². The lowest BCUT2D eigenvalue weighted by molar-refractivity contribution is 0.167. The summed E-state index contributed by atoms with van der Waals surface area (Å²) in [5, 5.41) is 15.5. The van der Waals surface area contributed by atoms with Gasteiger partial charge in [0, 0.05) is 6.54 Å². The minimum absolute atomic E-state index is 0.604. The minimum Gasteiger partial charge on any atom is -0.444 e. The normalized spacial score (nSPS) is 15.8. The Kier molecular flexibility index (Phi) is 5.38. The van der Waals surface area contributed by atoms with Gasteiger partial charge in [0.1, 0.15) is 5.76 Å². The number of tetrazole rings is 1. The smallest absolute Gasteiger partial charge is 0.247 e. The predicted molar refractivity (Wildman–Crippen MR) is 106 cm³/mol. The van der Waals surface area contributed by atoms with E-state index >= 15 is 0 Å². The quantitative estimate of drug-likeness (QED) is 0.703. The minimum atomic E-state index is 0.604. The van der Waals surface area contributed by atoms with E-state index in [2.05, 4.69) is 49.8 Å². The van der Waals surface area contributed by atoms with E-state index in [1.165, 1.54) is 5.56 Å². The molecule has 3 aromatic rings. The first-order chi connectivity index (χ1) is 13.6. The van der Waals surface area contributed by atoms with E-state index in [0.717, 1.165) is 62.1 Å². The first kappa shape index (κ1) is 18.6. The molecule has 148 valence electrons. The van der Waals surface area contributed by atoms with Gasteiger partial charge in [0.05, 0.1) is 17.9 Å². The van der Waals surface area contributed by atoms with Crippen molar-refractivity contribution in [1.29, 1.82) is 0 Å². The molecule has 0 aliphatic carbocycles. The van der Waals surface area contributed by atoms with E-state index in [-0.39, 0.29) is 0 Å². The number of aryl methyl sites for hydroxylation is 3. The number of likely N-dealkylation sites (tertiary alicyclic amines) is 1. The number of hydrogen-bond acceptors (Lipinski definition) is 7. The van der Waals surface area contributed by atoms with Crippen molar-refractivity contribution in [3.05, 3.63) is 47.2 Å². The maximum atomic E-state index is 5.71. The van der Waals surface area contributed by atoms with Gasteiger partial charge in [-0.2, -0.15) is 4.68 Å².